The van der Waals surface area contributed by atoms with Gasteiger partial charge in [0.25, 0.3) is 0 Å². The number of imidazole rings is 1. The van der Waals surface area contributed by atoms with Crippen molar-refractivity contribution < 1.29 is 19.0 Å². The summed E-state index contributed by atoms with van der Waals surface area (Å²) < 4.78 is 21.3. The number of carbonyl (C=O) groups is 1. The molecule has 0 aliphatic carbocycles. The highest BCUT2D eigenvalue weighted by molar-refractivity contribution is 5.96. The van der Waals surface area contributed by atoms with E-state index >= 15 is 0 Å². The van der Waals surface area contributed by atoms with Gasteiger partial charge in [0.2, 0.25) is 5.91 Å². The minimum absolute atomic E-state index is 0.0288. The van der Waals surface area contributed by atoms with Gasteiger partial charge in [0.05, 0.1) is 17.6 Å². The van der Waals surface area contributed by atoms with Gasteiger partial charge in [-0.2, -0.15) is 0 Å². The van der Waals surface area contributed by atoms with Gasteiger partial charge in [-0.3, -0.25) is 4.79 Å². The first kappa shape index (κ1) is 23.1. The summed E-state index contributed by atoms with van der Waals surface area (Å²) in [5.74, 6) is 0.999. The normalized spacial score (nSPS) is 16.7. The summed E-state index contributed by atoms with van der Waals surface area (Å²) in [6.07, 6.45) is -0.465. The maximum absolute atomic E-state index is 13.4. The van der Waals surface area contributed by atoms with E-state index in [1.54, 1.807) is 17.0 Å². The highest BCUT2D eigenvalue weighted by atomic mass is 19.1. The number of rotatable bonds is 7. The van der Waals surface area contributed by atoms with E-state index in [1.807, 2.05) is 60.9 Å². The maximum atomic E-state index is 13.4. The Labute approximate surface area is 203 Å². The Morgan fingerprint density at radius 2 is 1.89 bits per heavy atom. The number of amides is 1. The molecule has 180 valence electrons. The zero-order valence-electron chi connectivity index (χ0n) is 19.8. The van der Waals surface area contributed by atoms with E-state index in [9.17, 15) is 14.3 Å². The Morgan fingerprint density at radius 3 is 2.66 bits per heavy atom. The number of aryl methyl sites for hydroxylation is 2. The number of fused-ring (bicyclic) bond motifs is 1. The minimum Gasteiger partial charge on any atom is -0.491 e. The predicted molar refractivity (Wildman–Crippen MR) is 133 cm³/mol. The van der Waals surface area contributed by atoms with Crippen LogP contribution in [-0.4, -0.2) is 39.8 Å². The number of hydrogen-bond acceptors (Lipinski definition) is 4. The lowest BCUT2D eigenvalue weighted by atomic mass is 10.1. The van der Waals surface area contributed by atoms with Crippen LogP contribution in [0.15, 0.2) is 66.7 Å². The number of carbonyl (C=O) groups excluding carboxylic acids is 1. The van der Waals surface area contributed by atoms with Crippen LogP contribution in [-0.2, 0) is 11.3 Å². The standard InChI is InChI=1S/C28H28FN3O3/c1-18-7-12-26(19(2)13-18)35-17-23(33)16-32-25-6-4-3-5-24(25)30-28(32)20-14-27(34)31(15-20)22-10-8-21(29)9-11-22/h3-13,20,23,33H,14-17H2,1-2H3/t20-,23+/m1/s1. The van der Waals surface area contributed by atoms with Gasteiger partial charge in [-0.05, 0) is 61.9 Å². The van der Waals surface area contributed by atoms with Crippen LogP contribution in [0.5, 0.6) is 5.75 Å². The van der Waals surface area contributed by atoms with Crippen LogP contribution in [0.1, 0.15) is 29.3 Å². The summed E-state index contributed by atoms with van der Waals surface area (Å²) in [7, 11) is 0. The Balaban J connectivity index is 1.37. The summed E-state index contributed by atoms with van der Waals surface area (Å²) in [5.41, 5.74) is 4.57. The summed E-state index contributed by atoms with van der Waals surface area (Å²) in [6.45, 7) is 4.90. The van der Waals surface area contributed by atoms with Gasteiger partial charge in [0.1, 0.15) is 30.1 Å². The molecule has 0 bridgehead atoms. The fourth-order valence-corrected chi connectivity index (χ4v) is 4.76. The highest BCUT2D eigenvalue weighted by Gasteiger charge is 2.35. The van der Waals surface area contributed by atoms with Crippen molar-refractivity contribution in [1.29, 1.82) is 0 Å². The van der Waals surface area contributed by atoms with Gasteiger partial charge in [-0.25, -0.2) is 9.37 Å². The van der Waals surface area contributed by atoms with Gasteiger partial charge in [-0.1, -0.05) is 29.8 Å². The number of aromatic nitrogens is 2. The van der Waals surface area contributed by atoms with Crippen LogP contribution < -0.4 is 9.64 Å². The van der Waals surface area contributed by atoms with Crippen LogP contribution in [0, 0.1) is 19.7 Å². The number of benzene rings is 3. The third-order valence-electron chi connectivity index (χ3n) is 6.47. The molecule has 35 heavy (non-hydrogen) atoms. The number of halogens is 1. The quantitative estimate of drug-likeness (QED) is 0.421. The molecule has 1 fully saturated rings. The van der Waals surface area contributed by atoms with Crippen molar-refractivity contribution in [3.05, 3.63) is 89.5 Å². The lowest BCUT2D eigenvalue weighted by Crippen LogP contribution is -2.26. The molecule has 2 atom stereocenters. The van der Waals surface area contributed by atoms with Crippen molar-refractivity contribution in [2.45, 2.75) is 38.8 Å². The Morgan fingerprint density at radius 1 is 1.11 bits per heavy atom. The molecule has 0 spiro atoms. The van der Waals surface area contributed by atoms with Crippen LogP contribution in [0.25, 0.3) is 11.0 Å². The van der Waals surface area contributed by atoms with Crippen molar-refractivity contribution in [1.82, 2.24) is 9.55 Å². The smallest absolute Gasteiger partial charge is 0.227 e. The molecule has 0 unspecified atom stereocenters. The number of aliphatic hydroxyl groups is 1. The van der Waals surface area contributed by atoms with Crippen LogP contribution in [0.3, 0.4) is 0 Å². The van der Waals surface area contributed by atoms with E-state index in [-0.39, 0.29) is 24.2 Å². The molecule has 1 amide bonds. The predicted octanol–water partition coefficient (Wildman–Crippen LogP) is 4.75. The Kier molecular flexibility index (Phi) is 6.26. The zero-order chi connectivity index (χ0) is 24.5. The van der Waals surface area contributed by atoms with E-state index in [4.69, 9.17) is 9.72 Å². The second-order valence-electron chi connectivity index (χ2n) is 9.18. The molecule has 1 N–H and O–H groups in total. The number of nitrogens with zero attached hydrogens (tertiary/aromatic N) is 3. The lowest BCUT2D eigenvalue weighted by Gasteiger charge is -2.19. The number of hydrogen-bond donors (Lipinski definition) is 1. The van der Waals surface area contributed by atoms with Crippen LogP contribution in [0.4, 0.5) is 10.1 Å². The number of anilines is 1. The topological polar surface area (TPSA) is 67.6 Å². The molecule has 0 radical (unpaired) electrons. The van der Waals surface area contributed by atoms with Gasteiger partial charge < -0.3 is 19.3 Å². The Bertz CT molecular complexity index is 1370. The fraction of sp³-hybridized carbons (Fsp3) is 0.286. The third kappa shape index (κ3) is 4.77. The first-order valence-corrected chi connectivity index (χ1v) is 11.8. The van der Waals surface area contributed by atoms with Crippen molar-refractivity contribution in [3.63, 3.8) is 0 Å². The second kappa shape index (κ2) is 9.50. The van der Waals surface area contributed by atoms with Crippen molar-refractivity contribution in [2.24, 2.45) is 0 Å². The van der Waals surface area contributed by atoms with Gasteiger partial charge >= 0.3 is 0 Å². The molecule has 3 aromatic carbocycles. The largest absolute Gasteiger partial charge is 0.491 e. The van der Waals surface area contributed by atoms with E-state index in [1.165, 1.54) is 12.1 Å². The molecular weight excluding hydrogens is 445 g/mol. The second-order valence-corrected chi connectivity index (χ2v) is 9.18. The van der Waals surface area contributed by atoms with Crippen molar-refractivity contribution >= 4 is 22.6 Å². The third-order valence-corrected chi connectivity index (χ3v) is 6.47. The first-order valence-electron chi connectivity index (χ1n) is 11.8. The molecule has 1 saturated heterocycles. The van der Waals surface area contributed by atoms with Gasteiger partial charge in [0, 0.05) is 24.6 Å². The molecule has 6 nitrogen and oxygen atoms in total. The molecule has 7 heteroatoms. The van der Waals surface area contributed by atoms with Gasteiger partial charge in [0.15, 0.2) is 0 Å². The average molecular weight is 474 g/mol. The Hall–Kier alpha value is -3.71. The van der Waals surface area contributed by atoms with E-state index in [0.29, 0.717) is 25.2 Å². The molecular formula is C28H28FN3O3. The molecule has 0 saturated carbocycles. The zero-order valence-corrected chi connectivity index (χ0v) is 19.8. The van der Waals surface area contributed by atoms with Gasteiger partial charge in [-0.15, -0.1) is 0 Å². The minimum atomic E-state index is -0.766. The number of aliphatic hydroxyl groups excluding tert-OH is 1. The number of ether oxygens (including phenoxy) is 1. The molecule has 1 aliphatic heterocycles. The van der Waals surface area contributed by atoms with Crippen LogP contribution >= 0.6 is 0 Å². The lowest BCUT2D eigenvalue weighted by molar-refractivity contribution is -0.117. The fourth-order valence-electron chi connectivity index (χ4n) is 4.76. The summed E-state index contributed by atoms with van der Waals surface area (Å²) in [5, 5.41) is 10.9. The maximum Gasteiger partial charge on any atom is 0.227 e. The number of para-hydroxylation sites is 2. The average Bonchev–Trinajstić information content (AvgIpc) is 3.40. The molecule has 1 aliphatic rings. The summed E-state index contributed by atoms with van der Waals surface area (Å²) in [6, 6.07) is 19.7. The van der Waals surface area contributed by atoms with Crippen molar-refractivity contribution in [2.75, 3.05) is 18.1 Å². The molecule has 5 rings (SSSR count). The SMILES string of the molecule is Cc1ccc(OC[C@@H](O)Cn2c([C@@H]3CC(=O)N(c4ccc(F)cc4)C3)nc3ccccc32)c(C)c1. The van der Waals surface area contributed by atoms with E-state index in [2.05, 4.69) is 0 Å². The highest BCUT2D eigenvalue weighted by Crippen LogP contribution is 2.33. The van der Waals surface area contributed by atoms with Crippen molar-refractivity contribution in [3.8, 4) is 5.75 Å². The van der Waals surface area contributed by atoms with E-state index < -0.39 is 6.10 Å². The van der Waals surface area contributed by atoms with E-state index in [0.717, 1.165) is 33.7 Å². The first-order chi connectivity index (χ1) is 16.9. The molecule has 4 aromatic rings. The summed E-state index contributed by atoms with van der Waals surface area (Å²) in [4.78, 5) is 19.3. The molecule has 1 aromatic heterocycles. The monoisotopic (exact) mass is 473 g/mol. The van der Waals surface area contributed by atoms with Crippen LogP contribution in [0.2, 0.25) is 0 Å². The summed E-state index contributed by atoms with van der Waals surface area (Å²) >= 11 is 0. The molecule has 2 heterocycles.